The van der Waals surface area contributed by atoms with Crippen LogP contribution in [0.2, 0.25) is 0 Å². The van der Waals surface area contributed by atoms with E-state index in [1.165, 1.54) is 0 Å². The molecule has 12 heteroatoms. The molecule has 0 bridgehead atoms. The number of rotatable bonds is 20. The molecule has 1 fully saturated rings. The van der Waals surface area contributed by atoms with Gasteiger partial charge in [0.15, 0.2) is 0 Å². The summed E-state index contributed by atoms with van der Waals surface area (Å²) in [6.45, 7) is 14.7. The average molecular weight is 689 g/mol. The second kappa shape index (κ2) is 20.6. The third kappa shape index (κ3) is 11.5. The van der Waals surface area contributed by atoms with Crippen molar-refractivity contribution in [1.29, 1.82) is 0 Å². The number of nitrogens with one attached hydrogen (secondary N) is 3. The van der Waals surface area contributed by atoms with Crippen LogP contribution in [0.25, 0.3) is 0 Å². The highest BCUT2D eigenvalue weighted by Crippen LogP contribution is 2.29. The first-order chi connectivity index (χ1) is 23.2. The first-order valence-corrected chi connectivity index (χ1v) is 18.0. The lowest BCUT2D eigenvalue weighted by Gasteiger charge is -2.41. The van der Waals surface area contributed by atoms with Crippen LogP contribution in [0, 0.1) is 23.7 Å². The van der Waals surface area contributed by atoms with E-state index in [1.807, 2.05) is 51.7 Å². The lowest BCUT2D eigenvalue weighted by molar-refractivity contribution is -0.147. The van der Waals surface area contributed by atoms with E-state index in [0.29, 0.717) is 19.5 Å². The second-order valence-electron chi connectivity index (χ2n) is 14.2. The van der Waals surface area contributed by atoms with E-state index in [2.05, 4.69) is 34.8 Å². The van der Waals surface area contributed by atoms with Crippen LogP contribution in [-0.2, 0) is 35.1 Å². The molecule has 12 nitrogen and oxygen atoms in total. The molecule has 0 saturated carbocycles. The fourth-order valence-electron chi connectivity index (χ4n) is 7.09. The maximum atomic E-state index is 14.1. The third-order valence-corrected chi connectivity index (χ3v) is 10.2. The maximum Gasteiger partial charge on any atom is 0.245 e. The molecule has 0 aromatic carbocycles. The molecule has 49 heavy (non-hydrogen) atoms. The Kier molecular flexibility index (Phi) is 17.6. The number of likely N-dealkylation sites (N-methyl/N-ethyl adjacent to an activating group) is 2. The minimum Gasteiger partial charge on any atom is -0.379 e. The van der Waals surface area contributed by atoms with Gasteiger partial charge >= 0.3 is 0 Å². The van der Waals surface area contributed by atoms with Crippen molar-refractivity contribution in [1.82, 2.24) is 30.7 Å². The molecule has 1 aromatic rings. The van der Waals surface area contributed by atoms with Crippen LogP contribution in [0.5, 0.6) is 0 Å². The number of likely N-dealkylation sites (tertiary alicyclic amines) is 1. The Morgan fingerprint density at radius 2 is 1.61 bits per heavy atom. The largest absolute Gasteiger partial charge is 0.379 e. The summed E-state index contributed by atoms with van der Waals surface area (Å²) >= 11 is 0. The van der Waals surface area contributed by atoms with E-state index < -0.39 is 36.3 Å². The molecule has 1 aliphatic heterocycles. The van der Waals surface area contributed by atoms with E-state index in [0.717, 1.165) is 24.8 Å². The molecular weight excluding hydrogens is 624 g/mol. The molecule has 0 radical (unpaired) electrons. The molecule has 1 saturated heterocycles. The SMILES string of the molecule is CC[C@H](C)[C@@H]([C@H](CC(=O)N1CCC[C@H]1[C@H](OC)[C@@H](C)C(=O)NCCc1ccncc1)OC)N(C)C(=O)[C@@H](NC(=O)[C@@H](NC)C(C)C)C(C)C. The van der Waals surface area contributed by atoms with Gasteiger partial charge in [-0.3, -0.25) is 24.2 Å². The van der Waals surface area contributed by atoms with Crippen molar-refractivity contribution in [2.75, 3.05) is 41.4 Å². The maximum absolute atomic E-state index is 14.1. The van der Waals surface area contributed by atoms with Crippen LogP contribution >= 0.6 is 0 Å². The molecule has 3 N–H and O–H groups in total. The summed E-state index contributed by atoms with van der Waals surface area (Å²) in [6.07, 6.45) is 5.45. The number of nitrogens with zero attached hydrogens (tertiary/aromatic N) is 3. The van der Waals surface area contributed by atoms with Gasteiger partial charge in [0.1, 0.15) is 6.04 Å². The zero-order valence-electron chi connectivity index (χ0n) is 31.8. The predicted octanol–water partition coefficient (Wildman–Crippen LogP) is 3.05. The van der Waals surface area contributed by atoms with Gasteiger partial charge in [-0.25, -0.2) is 0 Å². The summed E-state index contributed by atoms with van der Waals surface area (Å²) in [6, 6.07) is 2.00. The molecule has 0 aliphatic carbocycles. The lowest BCUT2D eigenvalue weighted by atomic mass is 9.89. The fourth-order valence-corrected chi connectivity index (χ4v) is 7.09. The molecule has 0 unspecified atom stereocenters. The number of pyridine rings is 1. The molecule has 1 aliphatic rings. The van der Waals surface area contributed by atoms with Crippen molar-refractivity contribution in [3.63, 3.8) is 0 Å². The average Bonchev–Trinajstić information content (AvgIpc) is 3.56. The molecule has 8 atom stereocenters. The summed E-state index contributed by atoms with van der Waals surface area (Å²) in [4.78, 5) is 62.0. The Labute approximate surface area is 294 Å². The summed E-state index contributed by atoms with van der Waals surface area (Å²) < 4.78 is 11.9. The van der Waals surface area contributed by atoms with Gasteiger partial charge in [-0.05, 0) is 61.8 Å². The Hall–Kier alpha value is -3.09. The lowest BCUT2D eigenvalue weighted by Crippen LogP contribution is -2.59. The molecule has 2 rings (SSSR count). The number of methoxy groups -OCH3 is 2. The number of hydrogen-bond donors (Lipinski definition) is 3. The van der Waals surface area contributed by atoms with E-state index >= 15 is 0 Å². The van der Waals surface area contributed by atoms with Gasteiger partial charge in [0.05, 0.1) is 42.7 Å². The smallest absolute Gasteiger partial charge is 0.245 e. The third-order valence-electron chi connectivity index (χ3n) is 10.2. The van der Waals surface area contributed by atoms with Crippen LogP contribution in [0.15, 0.2) is 24.5 Å². The van der Waals surface area contributed by atoms with Crippen molar-refractivity contribution in [3.05, 3.63) is 30.1 Å². The molecule has 2 heterocycles. The van der Waals surface area contributed by atoms with Gasteiger partial charge in [0, 0.05) is 46.8 Å². The Morgan fingerprint density at radius 1 is 0.980 bits per heavy atom. The summed E-state index contributed by atoms with van der Waals surface area (Å²) in [5.41, 5.74) is 1.09. The highest BCUT2D eigenvalue weighted by atomic mass is 16.5. The van der Waals surface area contributed by atoms with Crippen molar-refractivity contribution < 1.29 is 28.7 Å². The number of ether oxygens (including phenoxy) is 2. The predicted molar refractivity (Wildman–Crippen MR) is 192 cm³/mol. The highest BCUT2D eigenvalue weighted by molar-refractivity contribution is 5.90. The molecule has 1 aromatic heterocycles. The number of amides is 4. The fraction of sp³-hybridized carbons (Fsp3) is 0.757. The monoisotopic (exact) mass is 688 g/mol. The zero-order chi connectivity index (χ0) is 36.8. The number of carbonyl (C=O) groups excluding carboxylic acids is 4. The minimum absolute atomic E-state index is 0.00732. The van der Waals surface area contributed by atoms with Gasteiger partial charge in [-0.15, -0.1) is 0 Å². The van der Waals surface area contributed by atoms with E-state index in [-0.39, 0.29) is 53.8 Å². The van der Waals surface area contributed by atoms with E-state index in [9.17, 15) is 19.2 Å². The van der Waals surface area contributed by atoms with Crippen molar-refractivity contribution >= 4 is 23.6 Å². The topological polar surface area (TPSA) is 142 Å². The first kappa shape index (κ1) is 42.1. The van der Waals surface area contributed by atoms with Crippen LogP contribution in [0.4, 0.5) is 0 Å². The van der Waals surface area contributed by atoms with E-state index in [4.69, 9.17) is 9.47 Å². The van der Waals surface area contributed by atoms with Gasteiger partial charge in [0.25, 0.3) is 0 Å². The Balaban J connectivity index is 2.20. The highest BCUT2D eigenvalue weighted by Gasteiger charge is 2.43. The number of aromatic nitrogens is 1. The standard InChI is InChI=1S/C37H64N6O6/c1-12-25(6)33(42(9)37(47)32(24(4)5)41-36(46)31(38-8)23(2)3)29(48-10)22-30(44)43-21-13-14-28(43)34(49-11)26(7)35(45)40-20-17-27-15-18-39-19-16-27/h15-16,18-19,23-26,28-29,31-34,38H,12-14,17,20-22H2,1-11H3,(H,40,45)(H,41,46)/t25-,26+,28-,29-,31-,32-,33-,34+/m0/s1. The van der Waals surface area contributed by atoms with Gasteiger partial charge in [-0.2, -0.15) is 0 Å². The zero-order valence-corrected chi connectivity index (χ0v) is 31.8. The van der Waals surface area contributed by atoms with Gasteiger partial charge < -0.3 is 35.2 Å². The molecule has 0 spiro atoms. The molecule has 4 amide bonds. The minimum atomic E-state index is -0.741. The van der Waals surface area contributed by atoms with Crippen LogP contribution < -0.4 is 16.0 Å². The first-order valence-electron chi connectivity index (χ1n) is 18.0. The van der Waals surface area contributed by atoms with Crippen LogP contribution in [0.3, 0.4) is 0 Å². The Bertz CT molecular complexity index is 1180. The van der Waals surface area contributed by atoms with Crippen molar-refractivity contribution in [3.8, 4) is 0 Å². The van der Waals surface area contributed by atoms with Gasteiger partial charge in [-0.1, -0.05) is 54.9 Å². The Morgan fingerprint density at radius 3 is 2.14 bits per heavy atom. The van der Waals surface area contributed by atoms with E-state index in [1.54, 1.807) is 45.6 Å². The summed E-state index contributed by atoms with van der Waals surface area (Å²) in [5.74, 6) is -1.24. The van der Waals surface area contributed by atoms with Crippen molar-refractivity contribution in [2.24, 2.45) is 23.7 Å². The molecular formula is C37H64N6O6. The second-order valence-corrected chi connectivity index (χ2v) is 14.2. The number of hydrogen-bond acceptors (Lipinski definition) is 8. The normalized spacial score (nSPS) is 19.1. The van der Waals surface area contributed by atoms with Gasteiger partial charge in [0.2, 0.25) is 23.6 Å². The van der Waals surface area contributed by atoms with Crippen LogP contribution in [0.1, 0.15) is 79.7 Å². The summed E-state index contributed by atoms with van der Waals surface area (Å²) in [5, 5.41) is 9.07. The van der Waals surface area contributed by atoms with Crippen molar-refractivity contribution in [2.45, 2.75) is 117 Å². The summed E-state index contributed by atoms with van der Waals surface area (Å²) in [7, 11) is 6.64. The quantitative estimate of drug-likeness (QED) is 0.190. The number of carbonyl (C=O) groups is 4. The molecule has 278 valence electrons. The van der Waals surface area contributed by atoms with Crippen LogP contribution in [-0.4, -0.2) is 116 Å².